The van der Waals surface area contributed by atoms with Gasteiger partial charge in [-0.3, -0.25) is 4.79 Å². The summed E-state index contributed by atoms with van der Waals surface area (Å²) in [5, 5.41) is 9.58. The lowest BCUT2D eigenvalue weighted by Gasteiger charge is -2.06. The van der Waals surface area contributed by atoms with Crippen molar-refractivity contribution in [3.8, 4) is 0 Å². The number of imidazole rings is 1. The molecule has 2 heterocycles. The van der Waals surface area contributed by atoms with Gasteiger partial charge in [0.1, 0.15) is 0 Å². The van der Waals surface area contributed by atoms with E-state index in [4.69, 9.17) is 9.52 Å². The normalized spacial score (nSPS) is 11.1. The average molecular weight is 302 g/mol. The highest BCUT2D eigenvalue weighted by Gasteiger charge is 2.13. The molecule has 0 aliphatic heterocycles. The van der Waals surface area contributed by atoms with Gasteiger partial charge in [0.25, 0.3) is 0 Å². The Bertz CT molecular complexity index is 778. The number of hydrogen-bond acceptors (Lipinski definition) is 4. The predicted octanol–water partition coefficient (Wildman–Crippen LogP) is 3.16. The molecule has 0 saturated heterocycles. The lowest BCUT2D eigenvalue weighted by molar-refractivity contribution is -0.133. The highest BCUT2D eigenvalue weighted by Crippen LogP contribution is 2.26. The Balaban J connectivity index is 2.03. The molecule has 0 bridgehead atoms. The molecule has 21 heavy (non-hydrogen) atoms. The van der Waals surface area contributed by atoms with Gasteiger partial charge in [-0.05, 0) is 30.7 Å². The molecule has 1 aromatic carbocycles. The van der Waals surface area contributed by atoms with E-state index in [1.807, 2.05) is 35.8 Å². The number of carboxylic acid groups (broad SMARTS) is 1. The van der Waals surface area contributed by atoms with Crippen molar-refractivity contribution < 1.29 is 14.3 Å². The number of furan rings is 1. The van der Waals surface area contributed by atoms with Crippen LogP contribution in [0.2, 0.25) is 0 Å². The van der Waals surface area contributed by atoms with Gasteiger partial charge in [0.05, 0.1) is 35.9 Å². The number of carboxylic acids is 1. The van der Waals surface area contributed by atoms with E-state index in [-0.39, 0.29) is 5.75 Å². The maximum atomic E-state index is 10.8. The fraction of sp³-hybridized carbons (Fsp3) is 0.200. The molecule has 0 saturated carbocycles. The van der Waals surface area contributed by atoms with Crippen molar-refractivity contribution in [2.45, 2.75) is 18.6 Å². The van der Waals surface area contributed by atoms with Gasteiger partial charge in [-0.1, -0.05) is 17.8 Å². The van der Waals surface area contributed by atoms with Crippen LogP contribution in [0.5, 0.6) is 0 Å². The van der Waals surface area contributed by atoms with Gasteiger partial charge < -0.3 is 14.1 Å². The van der Waals surface area contributed by atoms with Gasteiger partial charge in [-0.25, -0.2) is 4.98 Å². The lowest BCUT2D eigenvalue weighted by Crippen LogP contribution is -2.04. The third-order valence-corrected chi connectivity index (χ3v) is 4.08. The van der Waals surface area contributed by atoms with Gasteiger partial charge in [0, 0.05) is 5.56 Å². The van der Waals surface area contributed by atoms with Crippen LogP contribution in [0.15, 0.2) is 46.4 Å². The molecule has 0 amide bonds. The first-order valence-corrected chi connectivity index (χ1v) is 7.44. The van der Waals surface area contributed by atoms with Crippen LogP contribution in [-0.4, -0.2) is 26.4 Å². The van der Waals surface area contributed by atoms with E-state index in [2.05, 4.69) is 4.98 Å². The van der Waals surface area contributed by atoms with Crippen LogP contribution >= 0.6 is 11.8 Å². The molecule has 0 aliphatic rings. The van der Waals surface area contributed by atoms with Crippen molar-refractivity contribution in [1.29, 1.82) is 0 Å². The van der Waals surface area contributed by atoms with Gasteiger partial charge in [0.15, 0.2) is 5.16 Å². The monoisotopic (exact) mass is 302 g/mol. The van der Waals surface area contributed by atoms with Crippen molar-refractivity contribution in [2.75, 3.05) is 5.75 Å². The van der Waals surface area contributed by atoms with Crippen LogP contribution < -0.4 is 0 Å². The van der Waals surface area contributed by atoms with E-state index in [9.17, 15) is 4.79 Å². The molecular formula is C15H14N2O3S. The molecule has 3 aromatic rings. The predicted molar refractivity (Wildman–Crippen MR) is 80.6 cm³/mol. The SMILES string of the molecule is Cc1ccc2c(c1)nc(SCC(=O)O)n2Cc1ccoc1. The first-order valence-electron chi connectivity index (χ1n) is 6.46. The number of benzene rings is 1. The highest BCUT2D eigenvalue weighted by molar-refractivity contribution is 7.99. The molecule has 3 rings (SSSR count). The van der Waals surface area contributed by atoms with E-state index < -0.39 is 5.97 Å². The van der Waals surface area contributed by atoms with E-state index >= 15 is 0 Å². The first-order chi connectivity index (χ1) is 10.1. The maximum absolute atomic E-state index is 10.8. The number of rotatable bonds is 5. The maximum Gasteiger partial charge on any atom is 0.313 e. The molecule has 5 nitrogen and oxygen atoms in total. The van der Waals surface area contributed by atoms with Gasteiger partial charge in [0.2, 0.25) is 0 Å². The van der Waals surface area contributed by atoms with E-state index in [1.54, 1.807) is 12.5 Å². The van der Waals surface area contributed by atoms with Gasteiger partial charge in [-0.2, -0.15) is 0 Å². The second-order valence-electron chi connectivity index (χ2n) is 4.79. The molecule has 108 valence electrons. The van der Waals surface area contributed by atoms with E-state index in [0.29, 0.717) is 11.7 Å². The Hall–Kier alpha value is -2.21. The number of aryl methyl sites for hydroxylation is 1. The van der Waals surface area contributed by atoms with Crippen molar-refractivity contribution >= 4 is 28.8 Å². The minimum Gasteiger partial charge on any atom is -0.481 e. The van der Waals surface area contributed by atoms with Crippen molar-refractivity contribution in [3.05, 3.63) is 47.9 Å². The number of fused-ring (bicyclic) bond motifs is 1. The van der Waals surface area contributed by atoms with Crippen molar-refractivity contribution in [1.82, 2.24) is 9.55 Å². The molecule has 6 heteroatoms. The molecule has 0 radical (unpaired) electrons. The van der Waals surface area contributed by atoms with Gasteiger partial charge >= 0.3 is 5.97 Å². The summed E-state index contributed by atoms with van der Waals surface area (Å²) in [4.78, 5) is 15.4. The molecule has 0 fully saturated rings. The van der Waals surface area contributed by atoms with E-state index in [1.165, 1.54) is 11.8 Å². The fourth-order valence-corrected chi connectivity index (χ4v) is 2.91. The third-order valence-electron chi connectivity index (χ3n) is 3.11. The highest BCUT2D eigenvalue weighted by atomic mass is 32.2. The van der Waals surface area contributed by atoms with Crippen molar-refractivity contribution in [2.24, 2.45) is 0 Å². The summed E-state index contributed by atoms with van der Waals surface area (Å²) in [6, 6.07) is 7.95. The molecular weight excluding hydrogens is 288 g/mol. The van der Waals surface area contributed by atoms with Crippen LogP contribution in [0.1, 0.15) is 11.1 Å². The number of aliphatic carboxylic acids is 1. The number of thioether (sulfide) groups is 1. The Morgan fingerprint density at radius 1 is 1.43 bits per heavy atom. The summed E-state index contributed by atoms with van der Waals surface area (Å²) in [7, 11) is 0. The van der Waals surface area contributed by atoms with Crippen LogP contribution in [0.3, 0.4) is 0 Å². The van der Waals surface area contributed by atoms with Crippen LogP contribution in [0.25, 0.3) is 11.0 Å². The molecule has 0 aliphatic carbocycles. The molecule has 0 unspecified atom stereocenters. The van der Waals surface area contributed by atoms with Crippen LogP contribution in [0.4, 0.5) is 0 Å². The molecule has 1 N–H and O–H groups in total. The second-order valence-corrected chi connectivity index (χ2v) is 5.73. The Kier molecular flexibility index (Phi) is 3.70. The molecule has 0 atom stereocenters. The topological polar surface area (TPSA) is 68.3 Å². The van der Waals surface area contributed by atoms with Crippen LogP contribution in [0, 0.1) is 6.92 Å². The second kappa shape index (κ2) is 5.65. The summed E-state index contributed by atoms with van der Waals surface area (Å²) in [5.74, 6) is -0.855. The largest absolute Gasteiger partial charge is 0.481 e. The van der Waals surface area contributed by atoms with Gasteiger partial charge in [-0.15, -0.1) is 0 Å². The minimum absolute atomic E-state index is 0.00626. The Labute approximate surface area is 125 Å². The number of hydrogen-bond donors (Lipinski definition) is 1. The van der Waals surface area contributed by atoms with Crippen LogP contribution in [-0.2, 0) is 11.3 Å². The quantitative estimate of drug-likeness (QED) is 0.733. The average Bonchev–Trinajstić information content (AvgIpc) is 3.05. The third kappa shape index (κ3) is 2.95. The summed E-state index contributed by atoms with van der Waals surface area (Å²) >= 11 is 1.23. The standard InChI is InChI=1S/C15H14N2O3S/c1-10-2-3-13-12(6-10)16-15(21-9-14(18)19)17(13)7-11-4-5-20-8-11/h2-6,8H,7,9H2,1H3,(H,18,19). The smallest absolute Gasteiger partial charge is 0.313 e. The Morgan fingerprint density at radius 3 is 3.00 bits per heavy atom. The summed E-state index contributed by atoms with van der Waals surface area (Å²) in [5.41, 5.74) is 4.03. The fourth-order valence-electron chi connectivity index (χ4n) is 2.17. The molecule has 2 aromatic heterocycles. The zero-order valence-electron chi connectivity index (χ0n) is 11.4. The first kappa shape index (κ1) is 13.8. The summed E-state index contributed by atoms with van der Waals surface area (Å²) in [6.45, 7) is 2.62. The van der Waals surface area contributed by atoms with Crippen molar-refractivity contribution in [3.63, 3.8) is 0 Å². The lowest BCUT2D eigenvalue weighted by atomic mass is 10.2. The van der Waals surface area contributed by atoms with E-state index in [0.717, 1.165) is 22.2 Å². The summed E-state index contributed by atoms with van der Waals surface area (Å²) in [6.07, 6.45) is 3.31. The molecule has 0 spiro atoms. The zero-order valence-corrected chi connectivity index (χ0v) is 12.3. The minimum atomic E-state index is -0.849. The number of aromatic nitrogens is 2. The number of nitrogens with zero attached hydrogens (tertiary/aromatic N) is 2. The number of carbonyl (C=O) groups is 1. The summed E-state index contributed by atoms with van der Waals surface area (Å²) < 4.78 is 7.12. The Morgan fingerprint density at radius 2 is 2.29 bits per heavy atom. The zero-order chi connectivity index (χ0) is 14.8.